The minimum absolute atomic E-state index is 0.389. The number of aliphatic hydroxyl groups excluding tert-OH is 1. The third-order valence-corrected chi connectivity index (χ3v) is 4.03. The van der Waals surface area contributed by atoms with E-state index in [1.54, 1.807) is 11.8 Å². The zero-order valence-electron chi connectivity index (χ0n) is 13.3. The van der Waals surface area contributed by atoms with Crippen LogP contribution >= 0.6 is 11.8 Å². The number of esters is 1. The van der Waals surface area contributed by atoms with Crippen molar-refractivity contribution in [2.75, 3.05) is 19.5 Å². The Morgan fingerprint density at radius 3 is 2.55 bits per heavy atom. The van der Waals surface area contributed by atoms with Gasteiger partial charge in [-0.25, -0.2) is 4.79 Å². The summed E-state index contributed by atoms with van der Waals surface area (Å²) in [6.45, 7) is 4.40. The van der Waals surface area contributed by atoms with Gasteiger partial charge in [0.15, 0.2) is 0 Å². The lowest BCUT2D eigenvalue weighted by Gasteiger charge is -2.24. The van der Waals surface area contributed by atoms with E-state index in [9.17, 15) is 9.90 Å². The molecule has 0 spiro atoms. The Kier molecular flexibility index (Phi) is 8.89. The molecular weight excluding hydrogens is 300 g/mol. The maximum atomic E-state index is 11.5. The zero-order chi connectivity index (χ0) is 16.4. The van der Waals surface area contributed by atoms with Crippen molar-refractivity contribution in [2.45, 2.75) is 32.5 Å². The second-order valence-corrected chi connectivity index (χ2v) is 6.01. The Balaban J connectivity index is 2.88. The van der Waals surface area contributed by atoms with Crippen LogP contribution in [0.5, 0.6) is 0 Å². The van der Waals surface area contributed by atoms with Crippen LogP contribution in [-0.2, 0) is 14.3 Å². The number of hydrogen-bond donors (Lipinski definition) is 1. The van der Waals surface area contributed by atoms with E-state index < -0.39 is 12.2 Å². The van der Waals surface area contributed by atoms with Gasteiger partial charge in [0.1, 0.15) is 6.10 Å². The van der Waals surface area contributed by atoms with Crippen molar-refractivity contribution in [3.8, 4) is 0 Å². The van der Waals surface area contributed by atoms with Crippen LogP contribution in [0.4, 0.5) is 0 Å². The van der Waals surface area contributed by atoms with Gasteiger partial charge in [-0.3, -0.25) is 0 Å². The third-order valence-electron chi connectivity index (χ3n) is 3.09. The lowest BCUT2D eigenvalue weighted by atomic mass is 10.0. The summed E-state index contributed by atoms with van der Waals surface area (Å²) in [5.74, 6) is 0.448. The van der Waals surface area contributed by atoms with E-state index in [2.05, 4.69) is 4.74 Å². The van der Waals surface area contributed by atoms with Gasteiger partial charge in [-0.15, -0.1) is 11.8 Å². The van der Waals surface area contributed by atoms with Gasteiger partial charge < -0.3 is 14.6 Å². The normalized spacial score (nSPS) is 14.5. The summed E-state index contributed by atoms with van der Waals surface area (Å²) < 4.78 is 10.4. The average molecular weight is 324 g/mol. The molecule has 1 aromatic rings. The molecule has 0 aromatic heterocycles. The van der Waals surface area contributed by atoms with Gasteiger partial charge in [-0.2, -0.15) is 0 Å². The molecule has 1 rings (SSSR count). The van der Waals surface area contributed by atoms with E-state index in [4.69, 9.17) is 4.74 Å². The van der Waals surface area contributed by atoms with Crippen molar-refractivity contribution >= 4 is 17.7 Å². The topological polar surface area (TPSA) is 55.8 Å². The smallest absolute Gasteiger partial charge is 0.331 e. The van der Waals surface area contributed by atoms with Gasteiger partial charge in [-0.1, -0.05) is 37.3 Å². The Morgan fingerprint density at radius 2 is 2.00 bits per heavy atom. The lowest BCUT2D eigenvalue weighted by Crippen LogP contribution is -2.23. The molecule has 0 radical (unpaired) electrons. The SMILES string of the molecule is CCOC(C/C(=C\C(=O)OC)SCC)C(O)c1ccccc1. The van der Waals surface area contributed by atoms with Gasteiger partial charge in [0.25, 0.3) is 0 Å². The van der Waals surface area contributed by atoms with Gasteiger partial charge in [-0.05, 0) is 23.1 Å². The Labute approximate surface area is 136 Å². The predicted molar refractivity (Wildman–Crippen MR) is 89.7 cm³/mol. The maximum absolute atomic E-state index is 11.5. The summed E-state index contributed by atoms with van der Waals surface area (Å²) in [5, 5.41) is 10.5. The van der Waals surface area contributed by atoms with Crippen LogP contribution in [0.1, 0.15) is 31.9 Å². The molecule has 0 aliphatic heterocycles. The number of rotatable bonds is 9. The van der Waals surface area contributed by atoms with Crippen LogP contribution in [0.2, 0.25) is 0 Å². The largest absolute Gasteiger partial charge is 0.466 e. The Hall–Kier alpha value is -1.30. The molecule has 2 atom stereocenters. The molecule has 5 heteroatoms. The van der Waals surface area contributed by atoms with Crippen molar-refractivity contribution in [3.05, 3.63) is 46.9 Å². The van der Waals surface area contributed by atoms with Crippen LogP contribution < -0.4 is 0 Å². The first-order valence-electron chi connectivity index (χ1n) is 7.38. The average Bonchev–Trinajstić information content (AvgIpc) is 2.54. The highest BCUT2D eigenvalue weighted by Crippen LogP contribution is 2.29. The molecule has 1 aromatic carbocycles. The van der Waals surface area contributed by atoms with Crippen LogP contribution in [0.3, 0.4) is 0 Å². The van der Waals surface area contributed by atoms with Crippen molar-refractivity contribution < 1.29 is 19.4 Å². The number of thioether (sulfide) groups is 1. The minimum Gasteiger partial charge on any atom is -0.466 e. The fourth-order valence-electron chi connectivity index (χ4n) is 2.07. The highest BCUT2D eigenvalue weighted by molar-refractivity contribution is 8.03. The second-order valence-electron chi connectivity index (χ2n) is 4.62. The molecule has 22 heavy (non-hydrogen) atoms. The molecule has 0 aliphatic carbocycles. The van der Waals surface area contributed by atoms with E-state index in [-0.39, 0.29) is 5.97 Å². The molecule has 122 valence electrons. The summed E-state index contributed by atoms with van der Waals surface area (Å²) in [6, 6.07) is 9.41. The van der Waals surface area contributed by atoms with Crippen LogP contribution in [0.25, 0.3) is 0 Å². The first kappa shape index (κ1) is 18.7. The first-order chi connectivity index (χ1) is 10.6. The zero-order valence-corrected chi connectivity index (χ0v) is 14.1. The number of benzene rings is 1. The van der Waals surface area contributed by atoms with E-state index >= 15 is 0 Å². The first-order valence-corrected chi connectivity index (χ1v) is 8.36. The number of carbonyl (C=O) groups is 1. The maximum Gasteiger partial charge on any atom is 0.331 e. The van der Waals surface area contributed by atoms with Gasteiger partial charge in [0.2, 0.25) is 0 Å². The standard InChI is InChI=1S/C17H24O4S/c1-4-21-15(17(19)13-9-7-6-8-10-13)11-14(22-5-2)12-16(18)20-3/h6-10,12,15,17,19H,4-5,11H2,1-3H3/b14-12+. The van der Waals surface area contributed by atoms with Crippen molar-refractivity contribution in [1.29, 1.82) is 0 Å². The number of carbonyl (C=O) groups excluding carboxylic acids is 1. The van der Waals surface area contributed by atoms with E-state index in [1.165, 1.54) is 13.2 Å². The summed E-state index contributed by atoms with van der Waals surface area (Å²) in [4.78, 5) is 12.3. The molecule has 0 bridgehead atoms. The quantitative estimate of drug-likeness (QED) is 0.558. The Morgan fingerprint density at radius 1 is 1.32 bits per heavy atom. The van der Waals surface area contributed by atoms with Gasteiger partial charge >= 0.3 is 5.97 Å². The molecule has 0 fully saturated rings. The minimum atomic E-state index is -0.736. The molecule has 0 saturated heterocycles. The summed E-state index contributed by atoms with van der Waals surface area (Å²) in [7, 11) is 1.35. The van der Waals surface area contributed by atoms with Crippen molar-refractivity contribution in [2.24, 2.45) is 0 Å². The number of ether oxygens (including phenoxy) is 2. The highest BCUT2D eigenvalue weighted by Gasteiger charge is 2.23. The monoisotopic (exact) mass is 324 g/mol. The highest BCUT2D eigenvalue weighted by atomic mass is 32.2. The molecule has 1 N–H and O–H groups in total. The van der Waals surface area contributed by atoms with Crippen molar-refractivity contribution in [1.82, 2.24) is 0 Å². The summed E-state index contributed by atoms with van der Waals surface area (Å²) in [6.07, 6.45) is 0.803. The number of methoxy groups -OCH3 is 1. The second kappa shape index (κ2) is 10.4. The molecular formula is C17H24O4S. The van der Waals surface area contributed by atoms with Crippen LogP contribution in [0, 0.1) is 0 Å². The predicted octanol–water partition coefficient (Wildman–Crippen LogP) is 3.33. The Bertz CT molecular complexity index is 473. The molecule has 0 saturated carbocycles. The van der Waals surface area contributed by atoms with E-state index in [0.29, 0.717) is 13.0 Å². The van der Waals surface area contributed by atoms with Crippen LogP contribution in [0.15, 0.2) is 41.3 Å². The van der Waals surface area contributed by atoms with E-state index in [1.807, 2.05) is 44.2 Å². The fourth-order valence-corrected chi connectivity index (χ4v) is 2.91. The molecule has 2 unspecified atom stereocenters. The van der Waals surface area contributed by atoms with Crippen LogP contribution in [-0.4, -0.2) is 36.6 Å². The molecule has 0 amide bonds. The molecule has 0 heterocycles. The fraction of sp³-hybridized carbons (Fsp3) is 0.471. The number of aliphatic hydroxyl groups is 1. The third kappa shape index (κ3) is 6.22. The van der Waals surface area contributed by atoms with Gasteiger partial charge in [0.05, 0.1) is 13.2 Å². The van der Waals surface area contributed by atoms with E-state index in [0.717, 1.165) is 16.2 Å². The lowest BCUT2D eigenvalue weighted by molar-refractivity contribution is -0.134. The summed E-state index contributed by atoms with van der Waals surface area (Å²) in [5.41, 5.74) is 0.805. The number of hydrogen-bond acceptors (Lipinski definition) is 5. The molecule has 4 nitrogen and oxygen atoms in total. The van der Waals surface area contributed by atoms with Gasteiger partial charge in [0, 0.05) is 19.1 Å². The summed E-state index contributed by atoms with van der Waals surface area (Å²) >= 11 is 1.56. The van der Waals surface area contributed by atoms with Crippen molar-refractivity contribution in [3.63, 3.8) is 0 Å². The molecule has 0 aliphatic rings.